The number of aromatic nitrogens is 2. The van der Waals surface area contributed by atoms with Crippen molar-refractivity contribution in [1.82, 2.24) is 9.97 Å². The summed E-state index contributed by atoms with van der Waals surface area (Å²) in [4.78, 5) is 7.16. The van der Waals surface area contributed by atoms with Gasteiger partial charge in [0.15, 0.2) is 11.6 Å². The molecule has 0 radical (unpaired) electrons. The molecular weight excluding hydrogens is 440 g/mol. The van der Waals surface area contributed by atoms with Crippen LogP contribution in [-0.4, -0.2) is 32.6 Å². The number of sulfonamides is 1. The topological polar surface area (TPSA) is 81.6 Å². The lowest BCUT2D eigenvalue weighted by atomic mass is 10.2. The highest BCUT2D eigenvalue weighted by molar-refractivity contribution is 7.92. The van der Waals surface area contributed by atoms with Gasteiger partial charge in [-0.15, -0.1) is 0 Å². The summed E-state index contributed by atoms with van der Waals surface area (Å²) in [6.45, 7) is -0.234. The molecule has 0 fully saturated rings. The molecule has 0 aliphatic rings. The maximum Gasteiger partial charge on any atom is 0.267 e. The molecule has 0 N–H and O–H groups in total. The Balaban J connectivity index is 2.14. The van der Waals surface area contributed by atoms with Crippen molar-refractivity contribution in [3.05, 3.63) is 71.1 Å². The van der Waals surface area contributed by atoms with Gasteiger partial charge in [-0.1, -0.05) is 11.6 Å². The second-order valence-electron chi connectivity index (χ2n) is 5.95. The van der Waals surface area contributed by atoms with Crippen LogP contribution in [0.5, 0.6) is 11.5 Å². The highest BCUT2D eigenvalue weighted by Gasteiger charge is 2.30. The molecule has 30 heavy (non-hydrogen) atoms. The highest BCUT2D eigenvalue weighted by atomic mass is 35.5. The lowest BCUT2D eigenvalue weighted by Crippen LogP contribution is -2.32. The average Bonchev–Trinajstić information content (AvgIpc) is 2.74. The fraction of sp³-hybridized carbons (Fsp3) is 0.158. The second-order valence-corrected chi connectivity index (χ2v) is 8.19. The molecule has 3 aromatic rings. The summed E-state index contributed by atoms with van der Waals surface area (Å²) in [5.41, 5.74) is 0.471. The predicted molar refractivity (Wildman–Crippen MR) is 106 cm³/mol. The Morgan fingerprint density at radius 2 is 1.80 bits per heavy atom. The summed E-state index contributed by atoms with van der Waals surface area (Å²) < 4.78 is 65.4. The zero-order valence-corrected chi connectivity index (χ0v) is 17.4. The Morgan fingerprint density at radius 1 is 1.07 bits per heavy atom. The minimum absolute atomic E-state index is 0.00340. The van der Waals surface area contributed by atoms with E-state index in [0.29, 0.717) is 29.2 Å². The second kappa shape index (κ2) is 8.80. The van der Waals surface area contributed by atoms with E-state index in [-0.39, 0.29) is 12.4 Å². The third kappa shape index (κ3) is 4.29. The minimum atomic E-state index is -4.45. The number of nitrogens with zero attached hydrogens (tertiary/aromatic N) is 3. The van der Waals surface area contributed by atoms with Crippen LogP contribution in [0.15, 0.2) is 53.8 Å². The summed E-state index contributed by atoms with van der Waals surface area (Å²) in [5.74, 6) is -1.73. The number of anilines is 1. The molecule has 158 valence electrons. The third-order valence-corrected chi connectivity index (χ3v) is 6.39. The number of ether oxygens (including phenoxy) is 2. The molecule has 3 rings (SSSR count). The zero-order chi connectivity index (χ0) is 21.9. The Kier molecular flexibility index (Phi) is 6.37. The van der Waals surface area contributed by atoms with Crippen LogP contribution in [0.2, 0.25) is 5.02 Å². The SMILES string of the molecule is COc1ccc(CN(c2ccncn2)S(=O)(=O)c2cc(F)c(F)cc2Cl)c(OC)c1. The zero-order valence-electron chi connectivity index (χ0n) is 15.8. The molecule has 0 amide bonds. The van der Waals surface area contributed by atoms with Gasteiger partial charge in [0, 0.05) is 23.9 Å². The van der Waals surface area contributed by atoms with Gasteiger partial charge in [-0.3, -0.25) is 0 Å². The van der Waals surface area contributed by atoms with Crippen molar-refractivity contribution in [2.45, 2.75) is 11.4 Å². The molecule has 0 aliphatic heterocycles. The molecule has 0 saturated carbocycles. The first-order valence-electron chi connectivity index (χ1n) is 8.42. The first-order valence-corrected chi connectivity index (χ1v) is 10.2. The smallest absolute Gasteiger partial charge is 0.267 e. The standard InChI is InChI=1S/C19H16ClF2N3O4S/c1-28-13-4-3-12(17(7-13)29-2)10-25(19-5-6-23-11-24-19)30(26,27)18-9-16(22)15(21)8-14(18)20/h3-9,11H,10H2,1-2H3. The Labute approximate surface area is 176 Å². The fourth-order valence-corrected chi connectivity index (χ4v) is 4.58. The van der Waals surface area contributed by atoms with Crippen LogP contribution in [0.3, 0.4) is 0 Å². The van der Waals surface area contributed by atoms with Crippen molar-refractivity contribution in [2.24, 2.45) is 0 Å². The molecule has 0 aliphatic carbocycles. The molecule has 7 nitrogen and oxygen atoms in total. The highest BCUT2D eigenvalue weighted by Crippen LogP contribution is 2.33. The van der Waals surface area contributed by atoms with Crippen molar-refractivity contribution in [3.63, 3.8) is 0 Å². The Hall–Kier alpha value is -2.98. The van der Waals surface area contributed by atoms with E-state index in [1.807, 2.05) is 0 Å². The number of halogens is 3. The largest absolute Gasteiger partial charge is 0.497 e. The molecule has 1 heterocycles. The van der Waals surface area contributed by atoms with Crippen molar-refractivity contribution in [1.29, 1.82) is 0 Å². The number of benzene rings is 2. The van der Waals surface area contributed by atoms with E-state index >= 15 is 0 Å². The fourth-order valence-electron chi connectivity index (χ4n) is 2.68. The molecule has 0 saturated heterocycles. The normalized spacial score (nSPS) is 11.2. The monoisotopic (exact) mass is 455 g/mol. The number of hydrogen-bond acceptors (Lipinski definition) is 6. The van der Waals surface area contributed by atoms with Crippen molar-refractivity contribution < 1.29 is 26.7 Å². The minimum Gasteiger partial charge on any atom is -0.497 e. The van der Waals surface area contributed by atoms with Gasteiger partial charge in [0.25, 0.3) is 10.0 Å². The summed E-state index contributed by atoms with van der Waals surface area (Å²) in [7, 11) is -1.54. The van der Waals surface area contributed by atoms with Crippen molar-refractivity contribution in [2.75, 3.05) is 18.5 Å². The first-order chi connectivity index (χ1) is 14.3. The van der Waals surface area contributed by atoms with E-state index in [4.69, 9.17) is 21.1 Å². The van der Waals surface area contributed by atoms with E-state index < -0.39 is 31.6 Å². The van der Waals surface area contributed by atoms with Gasteiger partial charge < -0.3 is 9.47 Å². The number of hydrogen-bond donors (Lipinski definition) is 0. The summed E-state index contributed by atoms with van der Waals surface area (Å²) >= 11 is 5.93. The maximum absolute atomic E-state index is 13.8. The molecule has 0 atom stereocenters. The van der Waals surface area contributed by atoms with E-state index in [0.717, 1.165) is 10.6 Å². The lowest BCUT2D eigenvalue weighted by molar-refractivity contribution is 0.391. The van der Waals surface area contributed by atoms with Gasteiger partial charge in [0.1, 0.15) is 28.5 Å². The van der Waals surface area contributed by atoms with Gasteiger partial charge in [-0.2, -0.15) is 0 Å². The predicted octanol–water partition coefficient (Wildman–Crippen LogP) is 3.82. The third-order valence-electron chi connectivity index (χ3n) is 4.17. The van der Waals surface area contributed by atoms with E-state index in [1.54, 1.807) is 18.2 Å². The number of rotatable bonds is 7. The van der Waals surface area contributed by atoms with Crippen molar-refractivity contribution in [3.8, 4) is 11.5 Å². The molecular formula is C19H16ClF2N3O4S. The van der Waals surface area contributed by atoms with Crippen LogP contribution in [0, 0.1) is 11.6 Å². The van der Waals surface area contributed by atoms with Gasteiger partial charge in [0.05, 0.1) is 25.8 Å². The van der Waals surface area contributed by atoms with E-state index in [2.05, 4.69) is 9.97 Å². The number of methoxy groups -OCH3 is 2. The average molecular weight is 456 g/mol. The van der Waals surface area contributed by atoms with Crippen LogP contribution in [0.25, 0.3) is 0 Å². The van der Waals surface area contributed by atoms with E-state index in [9.17, 15) is 17.2 Å². The van der Waals surface area contributed by atoms with Crippen LogP contribution < -0.4 is 13.8 Å². The van der Waals surface area contributed by atoms with Crippen LogP contribution in [0.1, 0.15) is 5.56 Å². The molecule has 1 aromatic heterocycles. The Morgan fingerprint density at radius 3 is 2.43 bits per heavy atom. The molecule has 0 spiro atoms. The molecule has 0 bridgehead atoms. The van der Waals surface area contributed by atoms with Gasteiger partial charge >= 0.3 is 0 Å². The lowest BCUT2D eigenvalue weighted by Gasteiger charge is -2.25. The molecule has 0 unspecified atom stereocenters. The van der Waals surface area contributed by atoms with Crippen LogP contribution >= 0.6 is 11.6 Å². The van der Waals surface area contributed by atoms with Gasteiger partial charge in [-0.05, 0) is 24.3 Å². The van der Waals surface area contributed by atoms with E-state index in [1.165, 1.54) is 26.5 Å². The summed E-state index contributed by atoms with van der Waals surface area (Å²) in [6, 6.07) is 7.34. The summed E-state index contributed by atoms with van der Waals surface area (Å²) in [6.07, 6.45) is 2.51. The van der Waals surface area contributed by atoms with Crippen LogP contribution in [-0.2, 0) is 16.6 Å². The van der Waals surface area contributed by atoms with Gasteiger partial charge in [-0.25, -0.2) is 31.5 Å². The Bertz CT molecular complexity index is 1160. The first kappa shape index (κ1) is 21.7. The summed E-state index contributed by atoms with van der Waals surface area (Å²) in [5, 5.41) is -0.463. The molecule has 11 heteroatoms. The molecule has 2 aromatic carbocycles. The van der Waals surface area contributed by atoms with Crippen LogP contribution in [0.4, 0.5) is 14.6 Å². The quantitative estimate of drug-likeness (QED) is 0.504. The maximum atomic E-state index is 13.8. The van der Waals surface area contributed by atoms with Gasteiger partial charge in [0.2, 0.25) is 0 Å². The van der Waals surface area contributed by atoms with Crippen molar-refractivity contribution >= 4 is 27.4 Å².